The fourth-order valence-corrected chi connectivity index (χ4v) is 1.15. The second kappa shape index (κ2) is 4.09. The van der Waals surface area contributed by atoms with Crippen LogP contribution in [0.5, 0.6) is 0 Å². The highest BCUT2D eigenvalue weighted by Crippen LogP contribution is 2.07. The van der Waals surface area contributed by atoms with Crippen molar-refractivity contribution in [2.24, 2.45) is 12.8 Å². The van der Waals surface area contributed by atoms with Crippen molar-refractivity contribution < 1.29 is 9.53 Å². The first kappa shape index (κ1) is 9.80. The second-order valence-corrected chi connectivity index (χ2v) is 2.77. The van der Waals surface area contributed by atoms with Gasteiger partial charge >= 0.3 is 5.97 Å². The number of hydrogen-bond acceptors (Lipinski definition) is 3. The third-order valence-electron chi connectivity index (χ3n) is 1.78. The Labute approximate surface area is 77.3 Å². The molecule has 0 atom stereocenters. The van der Waals surface area contributed by atoms with Gasteiger partial charge in [-0.2, -0.15) is 0 Å². The van der Waals surface area contributed by atoms with E-state index in [4.69, 9.17) is 10.5 Å². The predicted octanol–water partition coefficient (Wildman–Crippen LogP) is 0.660. The zero-order valence-electron chi connectivity index (χ0n) is 7.91. The number of esters is 1. The summed E-state index contributed by atoms with van der Waals surface area (Å²) in [6.07, 6.45) is 1.83. The lowest BCUT2D eigenvalue weighted by atomic mass is 10.3. The van der Waals surface area contributed by atoms with E-state index in [0.717, 1.165) is 5.56 Å². The van der Waals surface area contributed by atoms with Crippen LogP contribution in [0.4, 0.5) is 0 Å². The molecule has 0 unspecified atom stereocenters. The lowest BCUT2D eigenvalue weighted by Gasteiger charge is -2.01. The molecular weight excluding hydrogens is 168 g/mol. The fourth-order valence-electron chi connectivity index (χ4n) is 1.15. The van der Waals surface area contributed by atoms with Gasteiger partial charge in [-0.15, -0.1) is 0 Å². The molecule has 0 aliphatic heterocycles. The summed E-state index contributed by atoms with van der Waals surface area (Å²) in [5.74, 6) is -0.301. The van der Waals surface area contributed by atoms with Gasteiger partial charge < -0.3 is 15.0 Å². The quantitative estimate of drug-likeness (QED) is 0.699. The van der Waals surface area contributed by atoms with Crippen LogP contribution in [0.25, 0.3) is 0 Å². The van der Waals surface area contributed by atoms with Gasteiger partial charge in [-0.05, 0) is 18.6 Å². The van der Waals surface area contributed by atoms with Crippen LogP contribution in [0.1, 0.15) is 23.0 Å². The van der Waals surface area contributed by atoms with Crippen LogP contribution in [-0.4, -0.2) is 17.1 Å². The zero-order valence-corrected chi connectivity index (χ0v) is 7.91. The van der Waals surface area contributed by atoms with E-state index in [2.05, 4.69) is 0 Å². The third-order valence-corrected chi connectivity index (χ3v) is 1.78. The van der Waals surface area contributed by atoms with E-state index in [0.29, 0.717) is 18.8 Å². The van der Waals surface area contributed by atoms with E-state index in [1.807, 2.05) is 6.20 Å². The van der Waals surface area contributed by atoms with E-state index < -0.39 is 0 Å². The summed E-state index contributed by atoms with van der Waals surface area (Å²) in [5.41, 5.74) is 6.92. The maximum absolute atomic E-state index is 11.3. The molecular formula is C9H14N2O2. The van der Waals surface area contributed by atoms with E-state index in [-0.39, 0.29) is 5.97 Å². The molecule has 0 amide bonds. The average molecular weight is 182 g/mol. The van der Waals surface area contributed by atoms with Crippen molar-refractivity contribution in [3.05, 3.63) is 23.5 Å². The topological polar surface area (TPSA) is 57.2 Å². The summed E-state index contributed by atoms with van der Waals surface area (Å²) >= 11 is 0. The zero-order chi connectivity index (χ0) is 9.84. The van der Waals surface area contributed by atoms with Crippen LogP contribution in [0.3, 0.4) is 0 Å². The Morgan fingerprint density at radius 1 is 1.69 bits per heavy atom. The van der Waals surface area contributed by atoms with Crippen LogP contribution in [0, 0.1) is 0 Å². The molecule has 0 aliphatic carbocycles. The predicted molar refractivity (Wildman–Crippen MR) is 49.3 cm³/mol. The summed E-state index contributed by atoms with van der Waals surface area (Å²) in [7, 11) is 1.80. The van der Waals surface area contributed by atoms with E-state index in [1.165, 1.54) is 0 Å². The number of carbonyl (C=O) groups excluding carboxylic acids is 1. The van der Waals surface area contributed by atoms with Gasteiger partial charge in [0.05, 0.1) is 6.61 Å². The Morgan fingerprint density at radius 3 is 2.85 bits per heavy atom. The maximum atomic E-state index is 11.3. The third kappa shape index (κ3) is 2.09. The molecule has 1 heterocycles. The van der Waals surface area contributed by atoms with Crippen molar-refractivity contribution in [1.82, 2.24) is 4.57 Å². The van der Waals surface area contributed by atoms with Gasteiger partial charge in [0.1, 0.15) is 5.69 Å². The lowest BCUT2D eigenvalue weighted by Crippen LogP contribution is -2.08. The molecule has 0 bridgehead atoms. The molecule has 4 nitrogen and oxygen atoms in total. The summed E-state index contributed by atoms with van der Waals surface area (Å²) in [6.45, 7) is 2.61. The molecule has 1 rings (SSSR count). The fraction of sp³-hybridized carbons (Fsp3) is 0.444. The maximum Gasteiger partial charge on any atom is 0.354 e. The number of ether oxygens (including phenoxy) is 1. The SMILES string of the molecule is CCOC(=O)c1cc(CN)cn1C. The highest BCUT2D eigenvalue weighted by molar-refractivity contribution is 5.88. The highest BCUT2D eigenvalue weighted by Gasteiger charge is 2.11. The van der Waals surface area contributed by atoms with Gasteiger partial charge in [-0.1, -0.05) is 0 Å². The summed E-state index contributed by atoms with van der Waals surface area (Å²) in [6, 6.07) is 1.75. The molecule has 0 radical (unpaired) electrons. The molecule has 4 heteroatoms. The summed E-state index contributed by atoms with van der Waals surface area (Å²) in [4.78, 5) is 11.3. The molecule has 0 aliphatic rings. The van der Waals surface area contributed by atoms with E-state index in [1.54, 1.807) is 24.6 Å². The van der Waals surface area contributed by atoms with Crippen LogP contribution < -0.4 is 5.73 Å². The average Bonchev–Trinajstić information content (AvgIpc) is 2.47. The lowest BCUT2D eigenvalue weighted by molar-refractivity contribution is 0.0515. The summed E-state index contributed by atoms with van der Waals surface area (Å²) in [5, 5.41) is 0. The molecule has 72 valence electrons. The minimum atomic E-state index is -0.301. The highest BCUT2D eigenvalue weighted by atomic mass is 16.5. The number of hydrogen-bond donors (Lipinski definition) is 1. The molecule has 13 heavy (non-hydrogen) atoms. The molecule has 0 aromatic carbocycles. The van der Waals surface area contributed by atoms with Crippen molar-refractivity contribution in [3.8, 4) is 0 Å². The Bertz CT molecular complexity index is 305. The van der Waals surface area contributed by atoms with Gasteiger partial charge in [0.25, 0.3) is 0 Å². The number of nitrogens with two attached hydrogens (primary N) is 1. The van der Waals surface area contributed by atoms with Crippen LogP contribution >= 0.6 is 0 Å². The number of nitrogens with zero attached hydrogens (tertiary/aromatic N) is 1. The van der Waals surface area contributed by atoms with Crippen LogP contribution in [-0.2, 0) is 18.3 Å². The molecule has 1 aromatic rings. The molecule has 0 saturated carbocycles. The first-order valence-corrected chi connectivity index (χ1v) is 4.21. The van der Waals surface area contributed by atoms with Gasteiger partial charge in [0.15, 0.2) is 0 Å². The Hall–Kier alpha value is -1.29. The monoisotopic (exact) mass is 182 g/mol. The Kier molecular flexibility index (Phi) is 3.08. The van der Waals surface area contributed by atoms with Crippen LogP contribution in [0.15, 0.2) is 12.3 Å². The van der Waals surface area contributed by atoms with Crippen molar-refractivity contribution >= 4 is 5.97 Å². The van der Waals surface area contributed by atoms with E-state index >= 15 is 0 Å². The second-order valence-electron chi connectivity index (χ2n) is 2.77. The van der Waals surface area contributed by atoms with Gasteiger partial charge in [0, 0.05) is 19.8 Å². The van der Waals surface area contributed by atoms with Gasteiger partial charge in [-0.3, -0.25) is 0 Å². The van der Waals surface area contributed by atoms with Crippen LogP contribution in [0.2, 0.25) is 0 Å². The number of aromatic nitrogens is 1. The minimum absolute atomic E-state index is 0.301. The number of rotatable bonds is 3. The molecule has 0 saturated heterocycles. The van der Waals surface area contributed by atoms with Crippen molar-refractivity contribution in [3.63, 3.8) is 0 Å². The van der Waals surface area contributed by atoms with Crippen molar-refractivity contribution in [1.29, 1.82) is 0 Å². The standard InChI is InChI=1S/C9H14N2O2/c1-3-13-9(12)8-4-7(5-10)6-11(8)2/h4,6H,3,5,10H2,1-2H3. The van der Waals surface area contributed by atoms with E-state index in [9.17, 15) is 4.79 Å². The smallest absolute Gasteiger partial charge is 0.354 e. The number of aryl methyl sites for hydroxylation is 1. The molecule has 2 N–H and O–H groups in total. The number of carbonyl (C=O) groups is 1. The molecule has 0 spiro atoms. The first-order chi connectivity index (χ1) is 6.19. The summed E-state index contributed by atoms with van der Waals surface area (Å²) < 4.78 is 6.59. The van der Waals surface area contributed by atoms with Crippen molar-refractivity contribution in [2.45, 2.75) is 13.5 Å². The Balaban J connectivity index is 2.87. The largest absolute Gasteiger partial charge is 0.461 e. The van der Waals surface area contributed by atoms with Gasteiger partial charge in [0.2, 0.25) is 0 Å². The minimum Gasteiger partial charge on any atom is -0.461 e. The first-order valence-electron chi connectivity index (χ1n) is 4.21. The Morgan fingerprint density at radius 2 is 2.38 bits per heavy atom. The van der Waals surface area contributed by atoms with Crippen molar-refractivity contribution in [2.75, 3.05) is 6.61 Å². The molecule has 1 aromatic heterocycles. The molecule has 0 fully saturated rings. The van der Waals surface area contributed by atoms with Gasteiger partial charge in [-0.25, -0.2) is 4.79 Å². The normalized spacial score (nSPS) is 10.1.